The van der Waals surface area contributed by atoms with Crippen molar-refractivity contribution in [3.8, 4) is 0 Å². The van der Waals surface area contributed by atoms with Crippen LogP contribution in [-0.4, -0.2) is 12.5 Å². The van der Waals surface area contributed by atoms with Gasteiger partial charge in [-0.3, -0.25) is 4.79 Å². The fourth-order valence-electron chi connectivity index (χ4n) is 2.34. The van der Waals surface area contributed by atoms with E-state index in [1.807, 2.05) is 43.3 Å². The lowest BCUT2D eigenvalue weighted by Gasteiger charge is -2.17. The standard InChI is InChI=1S/C18H21ClN2O/c1-3-16(14-8-5-4-6-9-14)20-12-18(22)21-17-11-7-10-15(19)13(17)2/h4-11,16,20H,3,12H2,1-2H3,(H,21,22). The van der Waals surface area contributed by atoms with Crippen LogP contribution in [0.5, 0.6) is 0 Å². The minimum atomic E-state index is -0.0697. The van der Waals surface area contributed by atoms with Crippen molar-refractivity contribution in [2.24, 2.45) is 0 Å². The third-order valence-corrected chi connectivity index (χ3v) is 4.07. The Labute approximate surface area is 136 Å². The zero-order valence-corrected chi connectivity index (χ0v) is 13.7. The van der Waals surface area contributed by atoms with Gasteiger partial charge in [0.05, 0.1) is 6.54 Å². The van der Waals surface area contributed by atoms with Crippen molar-refractivity contribution in [2.45, 2.75) is 26.3 Å². The van der Waals surface area contributed by atoms with Crippen molar-refractivity contribution in [2.75, 3.05) is 11.9 Å². The summed E-state index contributed by atoms with van der Waals surface area (Å²) in [6.45, 7) is 4.26. The summed E-state index contributed by atoms with van der Waals surface area (Å²) in [7, 11) is 0. The lowest BCUT2D eigenvalue weighted by atomic mass is 10.0. The maximum atomic E-state index is 12.1. The molecule has 0 aliphatic carbocycles. The van der Waals surface area contributed by atoms with Crippen molar-refractivity contribution in [1.29, 1.82) is 0 Å². The smallest absolute Gasteiger partial charge is 0.238 e. The number of hydrogen-bond acceptors (Lipinski definition) is 2. The van der Waals surface area contributed by atoms with E-state index >= 15 is 0 Å². The molecule has 4 heteroatoms. The molecule has 22 heavy (non-hydrogen) atoms. The molecule has 2 aromatic carbocycles. The molecule has 116 valence electrons. The van der Waals surface area contributed by atoms with Crippen molar-refractivity contribution in [1.82, 2.24) is 5.32 Å². The molecule has 1 unspecified atom stereocenters. The molecular formula is C18H21ClN2O. The fraction of sp³-hybridized carbons (Fsp3) is 0.278. The molecule has 0 aliphatic rings. The monoisotopic (exact) mass is 316 g/mol. The predicted octanol–water partition coefficient (Wildman–Crippen LogP) is 4.33. The van der Waals surface area contributed by atoms with E-state index in [0.717, 1.165) is 17.7 Å². The molecule has 2 rings (SSSR count). The molecule has 0 bridgehead atoms. The molecule has 1 atom stereocenters. The van der Waals surface area contributed by atoms with E-state index in [1.54, 1.807) is 0 Å². The molecular weight excluding hydrogens is 296 g/mol. The number of hydrogen-bond donors (Lipinski definition) is 2. The summed E-state index contributed by atoms with van der Waals surface area (Å²) in [6.07, 6.45) is 0.924. The molecule has 0 saturated heterocycles. The quantitative estimate of drug-likeness (QED) is 0.833. The minimum Gasteiger partial charge on any atom is -0.325 e. The van der Waals surface area contributed by atoms with Crippen LogP contribution in [0.25, 0.3) is 0 Å². The van der Waals surface area contributed by atoms with Crippen LogP contribution in [0.4, 0.5) is 5.69 Å². The first-order valence-electron chi connectivity index (χ1n) is 7.45. The van der Waals surface area contributed by atoms with Crippen LogP contribution < -0.4 is 10.6 Å². The highest BCUT2D eigenvalue weighted by Crippen LogP contribution is 2.22. The molecule has 0 aliphatic heterocycles. The molecule has 3 nitrogen and oxygen atoms in total. The van der Waals surface area contributed by atoms with E-state index in [0.29, 0.717) is 5.02 Å². The Morgan fingerprint density at radius 1 is 1.14 bits per heavy atom. The topological polar surface area (TPSA) is 41.1 Å². The Hall–Kier alpha value is -1.84. The number of anilines is 1. The van der Waals surface area contributed by atoms with Crippen LogP contribution in [0.15, 0.2) is 48.5 Å². The van der Waals surface area contributed by atoms with Crippen LogP contribution in [0, 0.1) is 6.92 Å². The Morgan fingerprint density at radius 2 is 1.86 bits per heavy atom. The van der Waals surface area contributed by atoms with E-state index in [9.17, 15) is 4.79 Å². The molecule has 1 amide bonds. The van der Waals surface area contributed by atoms with Crippen LogP contribution in [0.3, 0.4) is 0 Å². The molecule has 0 spiro atoms. The van der Waals surface area contributed by atoms with Crippen LogP contribution in [0.1, 0.15) is 30.5 Å². The molecule has 0 radical (unpaired) electrons. The number of rotatable bonds is 6. The number of halogens is 1. The molecule has 0 aromatic heterocycles. The molecule has 0 heterocycles. The van der Waals surface area contributed by atoms with Crippen LogP contribution >= 0.6 is 11.6 Å². The van der Waals surface area contributed by atoms with Crippen molar-refractivity contribution >= 4 is 23.2 Å². The maximum Gasteiger partial charge on any atom is 0.238 e. The van der Waals surface area contributed by atoms with E-state index in [2.05, 4.69) is 29.7 Å². The van der Waals surface area contributed by atoms with E-state index in [-0.39, 0.29) is 18.5 Å². The first-order valence-corrected chi connectivity index (χ1v) is 7.83. The normalized spacial score (nSPS) is 12.0. The van der Waals surface area contributed by atoms with Gasteiger partial charge < -0.3 is 10.6 Å². The average molecular weight is 317 g/mol. The number of benzene rings is 2. The fourth-order valence-corrected chi connectivity index (χ4v) is 2.51. The summed E-state index contributed by atoms with van der Waals surface area (Å²) in [5.74, 6) is -0.0697. The largest absolute Gasteiger partial charge is 0.325 e. The number of nitrogens with one attached hydrogen (secondary N) is 2. The lowest BCUT2D eigenvalue weighted by Crippen LogP contribution is -2.31. The summed E-state index contributed by atoms with van der Waals surface area (Å²) in [5, 5.41) is 6.84. The predicted molar refractivity (Wildman–Crippen MR) is 92.3 cm³/mol. The third kappa shape index (κ3) is 4.33. The molecule has 0 fully saturated rings. The maximum absolute atomic E-state index is 12.1. The third-order valence-electron chi connectivity index (χ3n) is 3.66. The van der Waals surface area contributed by atoms with Gasteiger partial charge >= 0.3 is 0 Å². The van der Waals surface area contributed by atoms with Gasteiger partial charge in [-0.25, -0.2) is 0 Å². The van der Waals surface area contributed by atoms with E-state index in [4.69, 9.17) is 11.6 Å². The van der Waals surface area contributed by atoms with Crippen molar-refractivity contribution in [3.63, 3.8) is 0 Å². The Morgan fingerprint density at radius 3 is 2.55 bits per heavy atom. The Balaban J connectivity index is 1.93. The van der Waals surface area contributed by atoms with Gasteiger partial charge in [0.25, 0.3) is 0 Å². The van der Waals surface area contributed by atoms with Gasteiger partial charge in [0.2, 0.25) is 5.91 Å². The van der Waals surface area contributed by atoms with Gasteiger partial charge in [-0.1, -0.05) is 54.9 Å². The van der Waals surface area contributed by atoms with E-state index < -0.39 is 0 Å². The van der Waals surface area contributed by atoms with Gasteiger partial charge in [0, 0.05) is 16.8 Å². The molecule has 2 N–H and O–H groups in total. The summed E-state index contributed by atoms with van der Waals surface area (Å²) in [5.41, 5.74) is 2.83. The Kier molecular flexibility index (Phi) is 5.99. The SMILES string of the molecule is CCC(NCC(=O)Nc1cccc(Cl)c1C)c1ccccc1. The highest BCUT2D eigenvalue weighted by Gasteiger charge is 2.11. The molecule has 2 aromatic rings. The first-order chi connectivity index (χ1) is 10.6. The van der Waals surface area contributed by atoms with Crippen LogP contribution in [-0.2, 0) is 4.79 Å². The second-order valence-electron chi connectivity index (χ2n) is 5.21. The zero-order valence-electron chi connectivity index (χ0n) is 12.9. The van der Waals surface area contributed by atoms with Crippen LogP contribution in [0.2, 0.25) is 5.02 Å². The second-order valence-corrected chi connectivity index (χ2v) is 5.62. The average Bonchev–Trinajstić information content (AvgIpc) is 2.53. The summed E-state index contributed by atoms with van der Waals surface area (Å²) in [6, 6.07) is 15.8. The van der Waals surface area contributed by atoms with Gasteiger partial charge in [-0.15, -0.1) is 0 Å². The number of carbonyl (C=O) groups excluding carboxylic acids is 1. The first kappa shape index (κ1) is 16.5. The van der Waals surface area contributed by atoms with Gasteiger partial charge in [-0.05, 0) is 36.6 Å². The van der Waals surface area contributed by atoms with Gasteiger partial charge in [0.15, 0.2) is 0 Å². The van der Waals surface area contributed by atoms with E-state index in [1.165, 1.54) is 5.56 Å². The van der Waals surface area contributed by atoms with Gasteiger partial charge in [-0.2, -0.15) is 0 Å². The lowest BCUT2D eigenvalue weighted by molar-refractivity contribution is -0.115. The second kappa shape index (κ2) is 7.97. The highest BCUT2D eigenvalue weighted by molar-refractivity contribution is 6.31. The summed E-state index contributed by atoms with van der Waals surface area (Å²) in [4.78, 5) is 12.1. The zero-order chi connectivity index (χ0) is 15.9. The Bertz CT molecular complexity index is 628. The van der Waals surface area contributed by atoms with Crippen molar-refractivity contribution < 1.29 is 4.79 Å². The number of carbonyl (C=O) groups is 1. The van der Waals surface area contributed by atoms with Gasteiger partial charge in [0.1, 0.15) is 0 Å². The summed E-state index contributed by atoms with van der Waals surface area (Å²) < 4.78 is 0. The number of amides is 1. The minimum absolute atomic E-state index is 0.0697. The van der Waals surface area contributed by atoms with Crippen molar-refractivity contribution in [3.05, 3.63) is 64.7 Å². The summed E-state index contributed by atoms with van der Waals surface area (Å²) >= 11 is 6.06. The highest BCUT2D eigenvalue weighted by atomic mass is 35.5. The molecule has 0 saturated carbocycles.